The molecule has 2 heterocycles. The first-order valence-electron chi connectivity index (χ1n) is 6.71. The topological polar surface area (TPSA) is 51.0 Å². The highest BCUT2D eigenvalue weighted by Gasteiger charge is 2.27. The molecule has 0 bridgehead atoms. The van der Waals surface area contributed by atoms with Crippen molar-refractivity contribution in [1.82, 2.24) is 19.9 Å². The van der Waals surface area contributed by atoms with Gasteiger partial charge in [-0.2, -0.15) is 15.0 Å². The molecular formula is C15H16N4O. The smallest absolute Gasteiger partial charge is 0.246 e. The van der Waals surface area contributed by atoms with Gasteiger partial charge < -0.3 is 4.90 Å². The van der Waals surface area contributed by atoms with Gasteiger partial charge in [0.25, 0.3) is 0 Å². The van der Waals surface area contributed by atoms with Crippen LogP contribution in [0.3, 0.4) is 0 Å². The average Bonchev–Trinajstić information content (AvgIpc) is 3.16. The fraction of sp³-hybridized carbons (Fsp3) is 0.267. The molecule has 1 amide bonds. The van der Waals surface area contributed by atoms with Gasteiger partial charge in [-0.15, -0.1) is 0 Å². The number of benzene rings is 1. The van der Waals surface area contributed by atoms with Crippen molar-refractivity contribution in [2.45, 2.75) is 12.5 Å². The van der Waals surface area contributed by atoms with E-state index in [0.29, 0.717) is 6.54 Å². The van der Waals surface area contributed by atoms with Gasteiger partial charge in [-0.1, -0.05) is 30.3 Å². The standard InChI is InChI=1S/C15H16N4O/c20-15(7-6-13-4-2-1-3-5-13)18-11-8-14(12-18)19-16-9-10-17-19/h1-7,9-10,14H,8,11-12H2/b7-6+. The van der Waals surface area contributed by atoms with Crippen molar-refractivity contribution < 1.29 is 4.79 Å². The van der Waals surface area contributed by atoms with E-state index in [1.165, 1.54) is 0 Å². The van der Waals surface area contributed by atoms with Gasteiger partial charge in [-0.3, -0.25) is 4.79 Å². The van der Waals surface area contributed by atoms with Crippen molar-refractivity contribution in [2.24, 2.45) is 0 Å². The Kier molecular flexibility index (Phi) is 3.58. The molecule has 1 aromatic heterocycles. The highest BCUT2D eigenvalue weighted by Crippen LogP contribution is 2.19. The summed E-state index contributed by atoms with van der Waals surface area (Å²) >= 11 is 0. The summed E-state index contributed by atoms with van der Waals surface area (Å²) in [6, 6.07) is 10.0. The van der Waals surface area contributed by atoms with Crippen LogP contribution < -0.4 is 0 Å². The fourth-order valence-corrected chi connectivity index (χ4v) is 2.38. The second-order valence-electron chi connectivity index (χ2n) is 4.82. The summed E-state index contributed by atoms with van der Waals surface area (Å²) < 4.78 is 0. The van der Waals surface area contributed by atoms with Crippen LogP contribution in [0.2, 0.25) is 0 Å². The second-order valence-corrected chi connectivity index (χ2v) is 4.82. The Morgan fingerprint density at radius 2 is 1.95 bits per heavy atom. The zero-order valence-electron chi connectivity index (χ0n) is 11.1. The van der Waals surface area contributed by atoms with E-state index < -0.39 is 0 Å². The zero-order valence-corrected chi connectivity index (χ0v) is 11.1. The lowest BCUT2D eigenvalue weighted by Gasteiger charge is -2.13. The van der Waals surface area contributed by atoms with Crippen LogP contribution in [0.5, 0.6) is 0 Å². The summed E-state index contributed by atoms with van der Waals surface area (Å²) in [6.07, 6.45) is 7.72. The van der Waals surface area contributed by atoms with Crippen molar-refractivity contribution in [3.05, 3.63) is 54.4 Å². The highest BCUT2D eigenvalue weighted by molar-refractivity contribution is 5.91. The molecule has 0 saturated carbocycles. The molecule has 0 aliphatic carbocycles. The van der Waals surface area contributed by atoms with E-state index in [2.05, 4.69) is 10.2 Å². The molecule has 1 aromatic carbocycles. The van der Waals surface area contributed by atoms with Crippen LogP contribution in [-0.2, 0) is 4.79 Å². The molecule has 102 valence electrons. The number of carbonyl (C=O) groups is 1. The molecule has 1 aliphatic rings. The Morgan fingerprint density at radius 3 is 2.70 bits per heavy atom. The maximum atomic E-state index is 12.1. The maximum Gasteiger partial charge on any atom is 0.246 e. The van der Waals surface area contributed by atoms with Crippen LogP contribution in [-0.4, -0.2) is 38.9 Å². The average molecular weight is 268 g/mol. The Labute approximate surface area is 117 Å². The molecule has 1 fully saturated rings. The third-order valence-electron chi connectivity index (χ3n) is 3.46. The molecule has 2 aromatic rings. The van der Waals surface area contributed by atoms with Crippen LogP contribution in [0.15, 0.2) is 48.8 Å². The van der Waals surface area contributed by atoms with Gasteiger partial charge >= 0.3 is 0 Å². The minimum absolute atomic E-state index is 0.0449. The lowest BCUT2D eigenvalue weighted by molar-refractivity contribution is -0.125. The summed E-state index contributed by atoms with van der Waals surface area (Å²) in [6.45, 7) is 1.43. The van der Waals surface area contributed by atoms with Gasteiger partial charge in [-0.25, -0.2) is 0 Å². The van der Waals surface area contributed by atoms with Crippen molar-refractivity contribution in [1.29, 1.82) is 0 Å². The van der Waals surface area contributed by atoms with Crippen molar-refractivity contribution >= 4 is 12.0 Å². The number of likely N-dealkylation sites (tertiary alicyclic amines) is 1. The molecule has 1 aliphatic heterocycles. The normalized spacial score (nSPS) is 18.8. The van der Waals surface area contributed by atoms with Gasteiger partial charge in [0, 0.05) is 19.2 Å². The molecule has 1 saturated heterocycles. The van der Waals surface area contributed by atoms with Gasteiger partial charge in [0.15, 0.2) is 0 Å². The van der Waals surface area contributed by atoms with E-state index in [1.54, 1.807) is 23.3 Å². The third kappa shape index (κ3) is 2.77. The quantitative estimate of drug-likeness (QED) is 0.797. The molecule has 1 unspecified atom stereocenters. The molecule has 5 heteroatoms. The summed E-state index contributed by atoms with van der Waals surface area (Å²) in [5, 5.41) is 8.27. The molecule has 5 nitrogen and oxygen atoms in total. The minimum atomic E-state index is 0.0449. The van der Waals surface area contributed by atoms with E-state index in [1.807, 2.05) is 41.3 Å². The summed E-state index contributed by atoms with van der Waals surface area (Å²) in [5.74, 6) is 0.0449. The molecule has 1 atom stereocenters. The first kappa shape index (κ1) is 12.6. The monoisotopic (exact) mass is 268 g/mol. The van der Waals surface area contributed by atoms with Crippen LogP contribution in [0, 0.1) is 0 Å². The van der Waals surface area contributed by atoms with E-state index in [-0.39, 0.29) is 11.9 Å². The number of amides is 1. The van der Waals surface area contributed by atoms with Gasteiger partial charge in [-0.05, 0) is 18.1 Å². The third-order valence-corrected chi connectivity index (χ3v) is 3.46. The van der Waals surface area contributed by atoms with Crippen molar-refractivity contribution in [2.75, 3.05) is 13.1 Å². The Bertz CT molecular complexity index is 592. The number of aromatic nitrogens is 3. The molecule has 3 rings (SSSR count). The number of carbonyl (C=O) groups excluding carboxylic acids is 1. The second kappa shape index (κ2) is 5.69. The lowest BCUT2D eigenvalue weighted by atomic mass is 10.2. The van der Waals surface area contributed by atoms with Crippen LogP contribution in [0.4, 0.5) is 0 Å². The van der Waals surface area contributed by atoms with E-state index in [9.17, 15) is 4.79 Å². The number of hydrogen-bond acceptors (Lipinski definition) is 3. The molecule has 0 N–H and O–H groups in total. The predicted octanol–water partition coefficient (Wildman–Crippen LogP) is 1.76. The van der Waals surface area contributed by atoms with Gasteiger partial charge in [0.1, 0.15) is 0 Å². The highest BCUT2D eigenvalue weighted by atomic mass is 16.2. The number of nitrogens with zero attached hydrogens (tertiary/aromatic N) is 4. The summed E-state index contributed by atoms with van der Waals surface area (Å²) in [4.78, 5) is 15.7. The number of hydrogen-bond donors (Lipinski definition) is 0. The Morgan fingerprint density at radius 1 is 1.20 bits per heavy atom. The summed E-state index contributed by atoms with van der Waals surface area (Å²) in [5.41, 5.74) is 1.03. The zero-order chi connectivity index (χ0) is 13.8. The molecule has 0 radical (unpaired) electrons. The van der Waals surface area contributed by atoms with Crippen LogP contribution in [0.25, 0.3) is 6.08 Å². The SMILES string of the molecule is O=C(/C=C/c1ccccc1)N1CCC(n2nccn2)C1. The molecular weight excluding hydrogens is 252 g/mol. The Hall–Kier alpha value is -2.43. The van der Waals surface area contributed by atoms with Crippen molar-refractivity contribution in [3.63, 3.8) is 0 Å². The van der Waals surface area contributed by atoms with E-state index >= 15 is 0 Å². The largest absolute Gasteiger partial charge is 0.337 e. The van der Waals surface area contributed by atoms with E-state index in [4.69, 9.17) is 0 Å². The maximum absolute atomic E-state index is 12.1. The first-order chi connectivity index (χ1) is 9.83. The molecule has 0 spiro atoms. The van der Waals surface area contributed by atoms with E-state index in [0.717, 1.165) is 18.5 Å². The van der Waals surface area contributed by atoms with Gasteiger partial charge in [0.05, 0.1) is 18.4 Å². The summed E-state index contributed by atoms with van der Waals surface area (Å²) in [7, 11) is 0. The van der Waals surface area contributed by atoms with Crippen molar-refractivity contribution in [3.8, 4) is 0 Å². The molecule has 20 heavy (non-hydrogen) atoms. The van der Waals surface area contributed by atoms with Crippen LogP contribution in [0.1, 0.15) is 18.0 Å². The predicted molar refractivity (Wildman–Crippen MR) is 75.7 cm³/mol. The first-order valence-corrected chi connectivity index (χ1v) is 6.71. The lowest BCUT2D eigenvalue weighted by Crippen LogP contribution is -2.27. The Balaban J connectivity index is 1.60. The van der Waals surface area contributed by atoms with Gasteiger partial charge in [0.2, 0.25) is 5.91 Å². The number of rotatable bonds is 3. The fourth-order valence-electron chi connectivity index (χ4n) is 2.38. The minimum Gasteiger partial charge on any atom is -0.337 e. The van der Waals surface area contributed by atoms with Crippen LogP contribution >= 0.6 is 0 Å².